The van der Waals surface area contributed by atoms with Crippen molar-refractivity contribution in [1.82, 2.24) is 24.5 Å². The average molecular weight is 641 g/mol. The molecule has 5 aromatic carbocycles. The van der Waals surface area contributed by atoms with Gasteiger partial charge in [0.15, 0.2) is 5.82 Å². The van der Waals surface area contributed by atoms with Crippen LogP contribution >= 0.6 is 0 Å². The van der Waals surface area contributed by atoms with Crippen LogP contribution in [0.2, 0.25) is 0 Å². The normalized spacial score (nSPS) is 14.0. The molecule has 9 aromatic rings. The van der Waals surface area contributed by atoms with Gasteiger partial charge in [0.05, 0.1) is 44.5 Å². The van der Waals surface area contributed by atoms with Gasteiger partial charge in [-0.2, -0.15) is 0 Å². The minimum atomic E-state index is 0.600. The summed E-state index contributed by atoms with van der Waals surface area (Å²) < 4.78 is 2.34. The number of nitrogens with zero attached hydrogens (tertiary/aromatic N) is 6. The maximum atomic E-state index is 5.40. The molecule has 1 aliphatic heterocycles. The molecule has 6 heteroatoms. The summed E-state index contributed by atoms with van der Waals surface area (Å²) in [6.45, 7) is 0. The molecule has 4 aromatic heterocycles. The highest BCUT2D eigenvalue weighted by atomic mass is 15.3. The van der Waals surface area contributed by atoms with Gasteiger partial charge in [-0.3, -0.25) is 9.88 Å². The van der Waals surface area contributed by atoms with Gasteiger partial charge in [0, 0.05) is 44.6 Å². The standard InChI is InChI=1S/C44H28N6/c1-6-16-35-29(11-1)32-25-26-45-42-34-15-5-10-20-39(34)50(43(46-35)40(32)42)44-47-36-17-7-2-14-33(36)41(48-44)27-21-23-28(24-22-27)49-37-18-8-3-12-30(37)31-13-4-9-19-38(31)49/h1-4,6-14,16-26H,5,15H2. The summed E-state index contributed by atoms with van der Waals surface area (Å²) in [4.78, 5) is 23.0. The second kappa shape index (κ2) is 10.4. The van der Waals surface area contributed by atoms with Gasteiger partial charge in [-0.15, -0.1) is 0 Å². The van der Waals surface area contributed by atoms with Crippen molar-refractivity contribution in [2.75, 3.05) is 4.90 Å². The number of anilines is 2. The van der Waals surface area contributed by atoms with E-state index in [1.165, 1.54) is 27.4 Å². The van der Waals surface area contributed by atoms with E-state index in [9.17, 15) is 0 Å². The molecule has 0 radical (unpaired) electrons. The number of hydrogen-bond donors (Lipinski definition) is 0. The first-order chi connectivity index (χ1) is 24.8. The van der Waals surface area contributed by atoms with Gasteiger partial charge in [0.25, 0.3) is 0 Å². The van der Waals surface area contributed by atoms with E-state index in [-0.39, 0.29) is 0 Å². The zero-order chi connectivity index (χ0) is 32.8. The van der Waals surface area contributed by atoms with Crippen molar-refractivity contribution in [3.05, 3.63) is 157 Å². The Kier molecular flexibility index (Phi) is 5.69. The van der Waals surface area contributed by atoms with E-state index in [1.54, 1.807) is 0 Å². The molecule has 0 amide bonds. The Bertz CT molecular complexity index is 2880. The van der Waals surface area contributed by atoms with Gasteiger partial charge in [-0.05, 0) is 66.8 Å². The van der Waals surface area contributed by atoms with Crippen LogP contribution in [0, 0.1) is 0 Å². The predicted octanol–water partition coefficient (Wildman–Crippen LogP) is 10.7. The molecule has 6 nitrogen and oxygen atoms in total. The van der Waals surface area contributed by atoms with Gasteiger partial charge in [-0.25, -0.2) is 15.0 Å². The Labute approximate surface area is 287 Å². The number of allylic oxidation sites excluding steroid dienone is 3. The molecule has 1 aliphatic carbocycles. The van der Waals surface area contributed by atoms with E-state index in [1.807, 2.05) is 18.3 Å². The second-order valence-corrected chi connectivity index (χ2v) is 13.0. The molecule has 234 valence electrons. The highest BCUT2D eigenvalue weighted by molar-refractivity contribution is 6.16. The molecular weight excluding hydrogens is 613 g/mol. The van der Waals surface area contributed by atoms with Crippen LogP contribution in [-0.4, -0.2) is 24.5 Å². The first-order valence-corrected chi connectivity index (χ1v) is 17.1. The average Bonchev–Trinajstić information content (AvgIpc) is 3.52. The molecule has 0 spiro atoms. The summed E-state index contributed by atoms with van der Waals surface area (Å²) >= 11 is 0. The Morgan fingerprint density at radius 3 is 1.96 bits per heavy atom. The minimum absolute atomic E-state index is 0.600. The Balaban J connectivity index is 1.13. The SMILES string of the molecule is C1=CC2=C(CC1)c1nccc3c1c(nc1ccccc13)N2c1nc(-c2ccc(-n3c4ccccc4c4ccccc43)cc2)c2ccccc2n1. The predicted molar refractivity (Wildman–Crippen MR) is 204 cm³/mol. The molecule has 2 aliphatic rings. The van der Waals surface area contributed by atoms with Crippen LogP contribution in [0.15, 0.2) is 151 Å². The largest absolute Gasteiger partial charge is 0.309 e. The molecule has 5 heterocycles. The third-order valence-corrected chi connectivity index (χ3v) is 10.3. The lowest BCUT2D eigenvalue weighted by Crippen LogP contribution is -2.25. The first-order valence-electron chi connectivity index (χ1n) is 17.1. The summed E-state index contributed by atoms with van der Waals surface area (Å²) in [5.74, 6) is 1.41. The third kappa shape index (κ3) is 3.84. The third-order valence-electron chi connectivity index (χ3n) is 10.3. The second-order valence-electron chi connectivity index (χ2n) is 13.0. The number of benzene rings is 5. The lowest BCUT2D eigenvalue weighted by atomic mass is 9.91. The summed E-state index contributed by atoms with van der Waals surface area (Å²) in [7, 11) is 0. The maximum Gasteiger partial charge on any atom is 0.237 e. The summed E-state index contributed by atoms with van der Waals surface area (Å²) in [6.07, 6.45) is 8.21. The fourth-order valence-electron chi connectivity index (χ4n) is 8.04. The molecular formula is C44H28N6. The van der Waals surface area contributed by atoms with Crippen LogP contribution in [0.5, 0.6) is 0 Å². The van der Waals surface area contributed by atoms with Gasteiger partial charge in [0.1, 0.15) is 0 Å². The summed E-state index contributed by atoms with van der Waals surface area (Å²) in [5, 5.41) is 6.81. The van der Waals surface area contributed by atoms with Gasteiger partial charge in [0.2, 0.25) is 5.95 Å². The van der Waals surface area contributed by atoms with Gasteiger partial charge >= 0.3 is 0 Å². The molecule has 0 saturated carbocycles. The first kappa shape index (κ1) is 27.3. The van der Waals surface area contributed by atoms with E-state index >= 15 is 0 Å². The lowest BCUT2D eigenvalue weighted by molar-refractivity contribution is 0.970. The van der Waals surface area contributed by atoms with E-state index in [0.29, 0.717) is 5.95 Å². The monoisotopic (exact) mass is 640 g/mol. The van der Waals surface area contributed by atoms with Crippen molar-refractivity contribution in [3.63, 3.8) is 0 Å². The number of rotatable bonds is 3. The fraction of sp³-hybridized carbons (Fsp3) is 0.0455. The van der Waals surface area contributed by atoms with Crippen LogP contribution in [0.3, 0.4) is 0 Å². The summed E-state index contributed by atoms with van der Waals surface area (Å²) in [6, 6.07) is 44.7. The van der Waals surface area contributed by atoms with Crippen molar-refractivity contribution in [3.8, 4) is 16.9 Å². The highest BCUT2D eigenvalue weighted by Gasteiger charge is 2.33. The molecule has 0 atom stereocenters. The van der Waals surface area contributed by atoms with Crippen LogP contribution in [0.1, 0.15) is 18.5 Å². The molecule has 0 N–H and O–H groups in total. The van der Waals surface area contributed by atoms with Crippen molar-refractivity contribution < 1.29 is 0 Å². The molecule has 0 saturated heterocycles. The lowest BCUT2D eigenvalue weighted by Gasteiger charge is -2.33. The summed E-state index contributed by atoms with van der Waals surface area (Å²) in [5.41, 5.74) is 10.5. The van der Waals surface area contributed by atoms with Crippen molar-refractivity contribution >= 4 is 71.7 Å². The van der Waals surface area contributed by atoms with Crippen LogP contribution < -0.4 is 4.90 Å². The molecule has 11 rings (SSSR count). The Hall–Kier alpha value is -6.66. The van der Waals surface area contributed by atoms with Crippen molar-refractivity contribution in [2.45, 2.75) is 12.8 Å². The number of aromatic nitrogens is 5. The molecule has 0 bridgehead atoms. The minimum Gasteiger partial charge on any atom is -0.309 e. The fourth-order valence-corrected chi connectivity index (χ4v) is 8.04. The highest BCUT2D eigenvalue weighted by Crippen LogP contribution is 2.47. The Morgan fingerprint density at radius 2 is 1.20 bits per heavy atom. The van der Waals surface area contributed by atoms with Gasteiger partial charge < -0.3 is 4.57 Å². The van der Waals surface area contributed by atoms with E-state index < -0.39 is 0 Å². The number of para-hydroxylation sites is 4. The quantitative estimate of drug-likeness (QED) is 0.180. The zero-order valence-electron chi connectivity index (χ0n) is 27.0. The molecule has 50 heavy (non-hydrogen) atoms. The topological polar surface area (TPSA) is 59.7 Å². The van der Waals surface area contributed by atoms with Crippen molar-refractivity contribution in [1.29, 1.82) is 0 Å². The maximum absolute atomic E-state index is 5.40. The van der Waals surface area contributed by atoms with Gasteiger partial charge in [-0.1, -0.05) is 91.0 Å². The van der Waals surface area contributed by atoms with E-state index in [4.69, 9.17) is 19.9 Å². The smallest absolute Gasteiger partial charge is 0.237 e. The van der Waals surface area contributed by atoms with Crippen molar-refractivity contribution in [2.24, 2.45) is 0 Å². The molecule has 0 unspecified atom stereocenters. The number of pyridine rings is 2. The van der Waals surface area contributed by atoms with E-state index in [2.05, 4.69) is 137 Å². The number of hydrogen-bond acceptors (Lipinski definition) is 5. The van der Waals surface area contributed by atoms with E-state index in [0.717, 1.165) is 79.6 Å². The van der Waals surface area contributed by atoms with Crippen LogP contribution in [0.25, 0.3) is 76.9 Å². The molecule has 0 fully saturated rings. The zero-order valence-corrected chi connectivity index (χ0v) is 27.0. The Morgan fingerprint density at radius 1 is 0.540 bits per heavy atom. The van der Waals surface area contributed by atoms with Crippen LogP contribution in [0.4, 0.5) is 11.8 Å². The number of fused-ring (bicyclic) bond motifs is 7. The van der Waals surface area contributed by atoms with Crippen LogP contribution in [-0.2, 0) is 0 Å².